The fourth-order valence-corrected chi connectivity index (χ4v) is 4.19. The van der Waals surface area contributed by atoms with Gasteiger partial charge in [-0.1, -0.05) is 6.92 Å². The fraction of sp³-hybridized carbons (Fsp3) is 0.562. The molecule has 7 nitrogen and oxygen atoms in total. The minimum absolute atomic E-state index is 0.0286. The fourth-order valence-electron chi connectivity index (χ4n) is 4.19. The molecular formula is C16H20N6O. The first-order chi connectivity index (χ1) is 11.2. The van der Waals surface area contributed by atoms with E-state index in [-0.39, 0.29) is 24.0 Å². The van der Waals surface area contributed by atoms with Crippen molar-refractivity contribution in [1.29, 1.82) is 5.26 Å². The van der Waals surface area contributed by atoms with Crippen LogP contribution in [0.3, 0.4) is 0 Å². The van der Waals surface area contributed by atoms with Crippen molar-refractivity contribution < 1.29 is 4.79 Å². The van der Waals surface area contributed by atoms with Crippen LogP contribution in [0.2, 0.25) is 0 Å². The summed E-state index contributed by atoms with van der Waals surface area (Å²) in [6.45, 7) is 4.64. The average molecular weight is 312 g/mol. The Labute approximate surface area is 135 Å². The van der Waals surface area contributed by atoms with Gasteiger partial charge in [-0.25, -0.2) is 4.99 Å². The van der Waals surface area contributed by atoms with E-state index in [0.29, 0.717) is 5.92 Å². The highest BCUT2D eigenvalue weighted by Crippen LogP contribution is 2.45. The second-order valence-corrected chi connectivity index (χ2v) is 6.65. The van der Waals surface area contributed by atoms with Gasteiger partial charge in [-0.15, -0.1) is 0 Å². The first kappa shape index (κ1) is 14.1. The Kier molecular flexibility index (Phi) is 3.08. The van der Waals surface area contributed by atoms with Gasteiger partial charge >= 0.3 is 0 Å². The van der Waals surface area contributed by atoms with Crippen LogP contribution in [0.15, 0.2) is 28.7 Å². The van der Waals surface area contributed by atoms with Crippen molar-refractivity contribution >= 4 is 12.2 Å². The Morgan fingerprint density at radius 2 is 2.43 bits per heavy atom. The lowest BCUT2D eigenvalue weighted by molar-refractivity contribution is -0.153. The van der Waals surface area contributed by atoms with Crippen molar-refractivity contribution in [3.05, 3.63) is 23.7 Å². The quantitative estimate of drug-likeness (QED) is 0.756. The number of fused-ring (bicyclic) bond motifs is 1. The lowest BCUT2D eigenvalue weighted by Crippen LogP contribution is -2.69. The minimum atomic E-state index is -0.132. The number of hydrogen-bond acceptors (Lipinski definition) is 6. The maximum absolute atomic E-state index is 12.2. The Hall–Kier alpha value is -2.49. The molecule has 1 spiro atoms. The van der Waals surface area contributed by atoms with Crippen LogP contribution in [-0.2, 0) is 4.79 Å². The van der Waals surface area contributed by atoms with Crippen LogP contribution in [0.1, 0.15) is 19.8 Å². The van der Waals surface area contributed by atoms with E-state index in [0.717, 1.165) is 37.4 Å². The van der Waals surface area contributed by atoms with E-state index in [1.165, 1.54) is 0 Å². The van der Waals surface area contributed by atoms with E-state index in [2.05, 4.69) is 33.5 Å². The van der Waals surface area contributed by atoms with Crippen LogP contribution < -0.4 is 10.6 Å². The molecule has 4 aliphatic heterocycles. The zero-order valence-electron chi connectivity index (χ0n) is 13.1. The Balaban J connectivity index is 1.57. The number of nitriles is 1. The second kappa shape index (κ2) is 5.01. The molecule has 2 unspecified atom stereocenters. The highest BCUT2D eigenvalue weighted by Gasteiger charge is 2.56. The van der Waals surface area contributed by atoms with Gasteiger partial charge in [0.05, 0.1) is 17.9 Å². The summed E-state index contributed by atoms with van der Waals surface area (Å²) in [5, 5.41) is 15.2. The van der Waals surface area contributed by atoms with Gasteiger partial charge in [0.2, 0.25) is 5.91 Å². The molecule has 0 saturated carbocycles. The normalized spacial score (nSPS) is 34.1. The largest absolute Gasteiger partial charge is 0.368 e. The van der Waals surface area contributed by atoms with Crippen molar-refractivity contribution in [2.45, 2.75) is 31.5 Å². The summed E-state index contributed by atoms with van der Waals surface area (Å²) in [5.41, 5.74) is 1.01. The van der Waals surface area contributed by atoms with Crippen LogP contribution in [0.25, 0.3) is 0 Å². The summed E-state index contributed by atoms with van der Waals surface area (Å²) >= 11 is 0. The number of rotatable bonds is 2. The summed E-state index contributed by atoms with van der Waals surface area (Å²) in [5.74, 6) is 1.40. The number of likely N-dealkylation sites (tertiary alicyclic amines) is 2. The van der Waals surface area contributed by atoms with E-state index in [4.69, 9.17) is 5.26 Å². The van der Waals surface area contributed by atoms with Crippen LogP contribution in [-0.4, -0.2) is 53.4 Å². The molecule has 4 aliphatic rings. The molecule has 2 saturated heterocycles. The lowest BCUT2D eigenvalue weighted by atomic mass is 9.74. The average Bonchev–Trinajstić information content (AvgIpc) is 3.20. The Morgan fingerprint density at radius 3 is 3.22 bits per heavy atom. The number of carbonyl (C=O) groups is 1. The van der Waals surface area contributed by atoms with Gasteiger partial charge in [0.25, 0.3) is 0 Å². The highest BCUT2D eigenvalue weighted by molar-refractivity contribution is 5.80. The zero-order chi connectivity index (χ0) is 16.0. The Morgan fingerprint density at radius 1 is 1.57 bits per heavy atom. The van der Waals surface area contributed by atoms with Gasteiger partial charge in [-0.05, 0) is 24.6 Å². The number of nitrogens with zero attached hydrogens (tertiary/aromatic N) is 4. The van der Waals surface area contributed by atoms with E-state index >= 15 is 0 Å². The smallest absolute Gasteiger partial charge is 0.237 e. The number of hydrogen-bond donors (Lipinski definition) is 2. The number of nitrogens with one attached hydrogen (secondary N) is 2. The van der Waals surface area contributed by atoms with E-state index in [1.54, 1.807) is 6.34 Å². The molecule has 3 atom stereocenters. The van der Waals surface area contributed by atoms with Crippen molar-refractivity contribution in [2.75, 3.05) is 19.6 Å². The monoisotopic (exact) mass is 312 g/mol. The minimum Gasteiger partial charge on any atom is -0.368 e. The third kappa shape index (κ3) is 1.94. The molecular weight excluding hydrogens is 292 g/mol. The van der Waals surface area contributed by atoms with Crippen LogP contribution in [0.4, 0.5) is 0 Å². The molecule has 1 amide bonds. The molecule has 0 aliphatic carbocycles. The molecule has 0 bridgehead atoms. The third-order valence-electron chi connectivity index (χ3n) is 5.54. The number of amides is 1. The maximum atomic E-state index is 12.2. The van der Waals surface area contributed by atoms with E-state index in [9.17, 15) is 4.79 Å². The summed E-state index contributed by atoms with van der Waals surface area (Å²) in [6, 6.07) is 1.98. The zero-order valence-corrected chi connectivity index (χ0v) is 13.1. The molecule has 0 radical (unpaired) electrons. The van der Waals surface area contributed by atoms with Gasteiger partial charge in [-0.2, -0.15) is 5.26 Å². The molecule has 4 rings (SSSR count). The molecule has 4 heterocycles. The highest BCUT2D eigenvalue weighted by atomic mass is 16.2. The predicted molar refractivity (Wildman–Crippen MR) is 84.7 cm³/mol. The molecule has 0 aromatic heterocycles. The molecule has 0 aromatic rings. The predicted octanol–water partition coefficient (Wildman–Crippen LogP) is 0.109. The van der Waals surface area contributed by atoms with Gasteiger partial charge in [0.1, 0.15) is 18.4 Å². The van der Waals surface area contributed by atoms with Crippen LogP contribution in [0.5, 0.6) is 0 Å². The third-order valence-corrected chi connectivity index (χ3v) is 5.54. The SMILES string of the molecule is CC1CN(C(=O)CC#N)[C@]12CCN(C1=C3C=CNC3NC=N1)C2. The molecule has 0 aromatic carbocycles. The van der Waals surface area contributed by atoms with Gasteiger partial charge in [-0.3, -0.25) is 4.79 Å². The van der Waals surface area contributed by atoms with Crippen LogP contribution >= 0.6 is 0 Å². The van der Waals surface area contributed by atoms with Gasteiger partial charge in [0.15, 0.2) is 0 Å². The number of aliphatic imine (C=N–C) groups is 1. The molecule has 7 heteroatoms. The summed E-state index contributed by atoms with van der Waals surface area (Å²) in [6.07, 6.45) is 6.72. The number of carbonyl (C=O) groups excluding carboxylic acids is 1. The van der Waals surface area contributed by atoms with Crippen molar-refractivity contribution in [1.82, 2.24) is 20.4 Å². The second-order valence-electron chi connectivity index (χ2n) is 6.65. The van der Waals surface area contributed by atoms with E-state index < -0.39 is 0 Å². The van der Waals surface area contributed by atoms with Gasteiger partial charge < -0.3 is 20.4 Å². The molecule has 120 valence electrons. The van der Waals surface area contributed by atoms with Gasteiger partial charge in [0, 0.05) is 25.2 Å². The molecule has 2 fully saturated rings. The molecule has 23 heavy (non-hydrogen) atoms. The first-order valence-electron chi connectivity index (χ1n) is 8.03. The topological polar surface area (TPSA) is 83.8 Å². The summed E-state index contributed by atoms with van der Waals surface area (Å²) in [7, 11) is 0. The Bertz CT molecular complexity index is 675. The van der Waals surface area contributed by atoms with Crippen molar-refractivity contribution in [2.24, 2.45) is 10.9 Å². The summed E-state index contributed by atoms with van der Waals surface area (Å²) < 4.78 is 0. The first-order valence-corrected chi connectivity index (χ1v) is 8.03. The maximum Gasteiger partial charge on any atom is 0.237 e. The molecule has 2 N–H and O–H groups in total. The van der Waals surface area contributed by atoms with Crippen molar-refractivity contribution in [3.63, 3.8) is 0 Å². The van der Waals surface area contributed by atoms with Crippen LogP contribution in [0, 0.1) is 17.2 Å². The van der Waals surface area contributed by atoms with E-state index in [1.807, 2.05) is 17.2 Å². The van der Waals surface area contributed by atoms with Crippen molar-refractivity contribution in [3.8, 4) is 6.07 Å². The summed E-state index contributed by atoms with van der Waals surface area (Å²) in [4.78, 5) is 20.9. The lowest BCUT2D eigenvalue weighted by Gasteiger charge is -2.56. The standard InChI is InChI=1S/C16H20N6O/c1-11-8-22(13(23)2-5-17)16(11)4-7-21(9-16)15-12-3-6-18-14(12)19-10-20-15/h3,6,10-11,14,18H,2,4,7-9H2,1H3,(H,19,20)/t11?,14?,16-/m0/s1.